The summed E-state index contributed by atoms with van der Waals surface area (Å²) in [6.45, 7) is 4.38. The van der Waals surface area contributed by atoms with Crippen molar-refractivity contribution in [2.24, 2.45) is 5.92 Å². The number of carbonyl (C=O) groups is 1. The van der Waals surface area contributed by atoms with Crippen molar-refractivity contribution in [3.05, 3.63) is 78.1 Å². The molecule has 2 aromatic carbocycles. The van der Waals surface area contributed by atoms with Crippen molar-refractivity contribution in [3.63, 3.8) is 0 Å². The fourth-order valence-corrected chi connectivity index (χ4v) is 4.02. The van der Waals surface area contributed by atoms with Crippen LogP contribution in [0.3, 0.4) is 0 Å². The highest BCUT2D eigenvalue weighted by molar-refractivity contribution is 5.79. The van der Waals surface area contributed by atoms with E-state index >= 15 is 0 Å². The summed E-state index contributed by atoms with van der Waals surface area (Å²) >= 11 is 0. The summed E-state index contributed by atoms with van der Waals surface area (Å²) in [5, 5.41) is 10.8. The lowest BCUT2D eigenvalue weighted by Gasteiger charge is -2.27. The Morgan fingerprint density at radius 3 is 2.76 bits per heavy atom. The Bertz CT molecular complexity index is 934. The number of rotatable bonds is 6. The monoisotopic (exact) mass is 388 g/mol. The van der Waals surface area contributed by atoms with Crippen LogP contribution in [0.15, 0.2) is 67.0 Å². The molecule has 1 amide bonds. The maximum Gasteiger partial charge on any atom is 0.223 e. The zero-order chi connectivity index (χ0) is 20.1. The first kappa shape index (κ1) is 19.4. The molecule has 1 aliphatic rings. The molecule has 2 N–H and O–H groups in total. The molecule has 29 heavy (non-hydrogen) atoms. The smallest absolute Gasteiger partial charge is 0.223 e. The van der Waals surface area contributed by atoms with E-state index in [1.54, 1.807) is 6.20 Å². The quantitative estimate of drug-likeness (QED) is 0.678. The molecule has 1 aromatic heterocycles. The minimum atomic E-state index is 0.111. The second kappa shape index (κ2) is 9.05. The van der Waals surface area contributed by atoms with Gasteiger partial charge in [-0.1, -0.05) is 48.5 Å². The second-order valence-corrected chi connectivity index (χ2v) is 7.85. The van der Waals surface area contributed by atoms with Gasteiger partial charge in [0.2, 0.25) is 5.91 Å². The highest BCUT2D eigenvalue weighted by Crippen LogP contribution is 2.25. The minimum absolute atomic E-state index is 0.111. The zero-order valence-corrected chi connectivity index (χ0v) is 16.8. The molecule has 3 aromatic rings. The van der Waals surface area contributed by atoms with E-state index in [1.165, 1.54) is 5.56 Å². The van der Waals surface area contributed by atoms with Gasteiger partial charge in [0.1, 0.15) is 0 Å². The van der Waals surface area contributed by atoms with Gasteiger partial charge in [0.15, 0.2) is 0 Å². The van der Waals surface area contributed by atoms with Gasteiger partial charge in [0.05, 0.1) is 6.54 Å². The average Bonchev–Trinajstić information content (AvgIpc) is 3.26. The van der Waals surface area contributed by atoms with E-state index in [-0.39, 0.29) is 11.8 Å². The number of hydrogen-bond donors (Lipinski definition) is 2. The molecule has 1 aliphatic heterocycles. The van der Waals surface area contributed by atoms with Gasteiger partial charge in [0, 0.05) is 30.9 Å². The molecule has 4 rings (SSSR count). The molecule has 0 radical (unpaired) electrons. The number of carbonyl (C=O) groups excluding carboxylic acids is 1. The number of benzene rings is 2. The third-order valence-electron chi connectivity index (χ3n) is 5.63. The van der Waals surface area contributed by atoms with Gasteiger partial charge in [-0.25, -0.2) is 0 Å². The number of piperidine rings is 1. The van der Waals surface area contributed by atoms with Crippen LogP contribution < -0.4 is 10.6 Å². The average molecular weight is 389 g/mol. The Labute approximate surface area is 172 Å². The normalized spacial score (nSPS) is 19.1. The first-order valence-electron chi connectivity index (χ1n) is 10.3. The van der Waals surface area contributed by atoms with Crippen molar-refractivity contribution in [1.29, 1.82) is 0 Å². The van der Waals surface area contributed by atoms with E-state index < -0.39 is 0 Å². The summed E-state index contributed by atoms with van der Waals surface area (Å²) < 4.78 is 1.92. The topological polar surface area (TPSA) is 59.0 Å². The lowest BCUT2D eigenvalue weighted by atomic mass is 9.92. The van der Waals surface area contributed by atoms with Gasteiger partial charge in [-0.2, -0.15) is 5.10 Å². The van der Waals surface area contributed by atoms with Crippen LogP contribution in [-0.2, 0) is 17.9 Å². The van der Waals surface area contributed by atoms with Crippen LogP contribution in [-0.4, -0.2) is 28.3 Å². The van der Waals surface area contributed by atoms with Crippen molar-refractivity contribution in [2.75, 3.05) is 6.54 Å². The van der Waals surface area contributed by atoms with Crippen LogP contribution >= 0.6 is 0 Å². The van der Waals surface area contributed by atoms with Gasteiger partial charge in [-0.15, -0.1) is 0 Å². The predicted octanol–water partition coefficient (Wildman–Crippen LogP) is 3.60. The molecule has 5 heteroatoms. The molecule has 2 atom stereocenters. The number of nitrogens with one attached hydrogen (secondary N) is 2. The molecule has 0 spiro atoms. The lowest BCUT2D eigenvalue weighted by Crippen LogP contribution is -2.42. The van der Waals surface area contributed by atoms with E-state index in [4.69, 9.17) is 0 Å². The number of aromatic nitrogens is 2. The third kappa shape index (κ3) is 4.93. The molecule has 2 heterocycles. The van der Waals surface area contributed by atoms with Crippen LogP contribution in [0.1, 0.15) is 30.9 Å². The zero-order valence-electron chi connectivity index (χ0n) is 16.8. The van der Waals surface area contributed by atoms with Crippen LogP contribution in [0.5, 0.6) is 0 Å². The molecule has 0 saturated carbocycles. The molecule has 0 unspecified atom stereocenters. The number of amides is 1. The molecule has 1 saturated heterocycles. The molecular weight excluding hydrogens is 360 g/mol. The van der Waals surface area contributed by atoms with Crippen molar-refractivity contribution in [3.8, 4) is 11.1 Å². The molecule has 150 valence electrons. The first-order valence-corrected chi connectivity index (χ1v) is 10.3. The van der Waals surface area contributed by atoms with Crippen LogP contribution in [0.2, 0.25) is 0 Å². The van der Waals surface area contributed by atoms with E-state index in [0.29, 0.717) is 12.6 Å². The van der Waals surface area contributed by atoms with Gasteiger partial charge in [0.25, 0.3) is 0 Å². The van der Waals surface area contributed by atoms with Gasteiger partial charge >= 0.3 is 0 Å². The number of hydrogen-bond acceptors (Lipinski definition) is 3. The SMILES string of the molecule is C[C@H]1C[C@@H](C(=O)NCc2ccccc2-c2ccc(Cn3cccn3)cc2)CCN1. The van der Waals surface area contributed by atoms with Gasteiger partial charge in [-0.3, -0.25) is 9.48 Å². The van der Waals surface area contributed by atoms with Crippen molar-refractivity contribution in [2.45, 2.75) is 38.9 Å². The third-order valence-corrected chi connectivity index (χ3v) is 5.63. The van der Waals surface area contributed by atoms with E-state index in [0.717, 1.165) is 42.6 Å². The van der Waals surface area contributed by atoms with Crippen molar-refractivity contribution in [1.82, 2.24) is 20.4 Å². The Kier molecular flexibility index (Phi) is 6.06. The van der Waals surface area contributed by atoms with Gasteiger partial charge < -0.3 is 10.6 Å². The van der Waals surface area contributed by atoms with Crippen LogP contribution in [0, 0.1) is 5.92 Å². The highest BCUT2D eigenvalue weighted by atomic mass is 16.1. The fourth-order valence-electron chi connectivity index (χ4n) is 4.02. The summed E-state index contributed by atoms with van der Waals surface area (Å²) in [4.78, 5) is 12.6. The van der Waals surface area contributed by atoms with Crippen molar-refractivity contribution < 1.29 is 4.79 Å². The Morgan fingerprint density at radius 2 is 2.00 bits per heavy atom. The van der Waals surface area contributed by atoms with Gasteiger partial charge in [-0.05, 0) is 54.6 Å². The van der Waals surface area contributed by atoms with E-state index in [2.05, 4.69) is 59.1 Å². The summed E-state index contributed by atoms with van der Waals surface area (Å²) in [7, 11) is 0. The largest absolute Gasteiger partial charge is 0.352 e. The highest BCUT2D eigenvalue weighted by Gasteiger charge is 2.24. The maximum absolute atomic E-state index is 12.6. The molecule has 1 fully saturated rings. The molecule has 5 nitrogen and oxygen atoms in total. The number of nitrogens with zero attached hydrogens (tertiary/aromatic N) is 2. The molecule has 0 aliphatic carbocycles. The van der Waals surface area contributed by atoms with Crippen LogP contribution in [0.4, 0.5) is 0 Å². The maximum atomic E-state index is 12.6. The van der Waals surface area contributed by atoms with E-state index in [1.807, 2.05) is 29.1 Å². The summed E-state index contributed by atoms with van der Waals surface area (Å²) in [5.41, 5.74) is 4.68. The first-order chi connectivity index (χ1) is 14.2. The fraction of sp³-hybridized carbons (Fsp3) is 0.333. The summed E-state index contributed by atoms with van der Waals surface area (Å²) in [6, 6.07) is 19.2. The van der Waals surface area contributed by atoms with Crippen LogP contribution in [0.25, 0.3) is 11.1 Å². The predicted molar refractivity (Wildman–Crippen MR) is 115 cm³/mol. The summed E-state index contributed by atoms with van der Waals surface area (Å²) in [5.74, 6) is 0.280. The van der Waals surface area contributed by atoms with Crippen molar-refractivity contribution >= 4 is 5.91 Å². The standard InChI is InChI=1S/C24H28N4O/c1-18-15-21(11-13-25-18)24(29)26-16-22-5-2-3-6-23(22)20-9-7-19(8-10-20)17-28-14-4-12-27-28/h2-10,12,14,18,21,25H,11,13,15-17H2,1H3,(H,26,29)/t18-,21-/m0/s1. The molecular formula is C24H28N4O. The van der Waals surface area contributed by atoms with E-state index in [9.17, 15) is 4.79 Å². The Hall–Kier alpha value is -2.92. The minimum Gasteiger partial charge on any atom is -0.352 e. The second-order valence-electron chi connectivity index (χ2n) is 7.85. The molecule has 0 bridgehead atoms. The Balaban J connectivity index is 1.43. The lowest BCUT2D eigenvalue weighted by molar-refractivity contribution is -0.126. The Morgan fingerprint density at radius 1 is 1.17 bits per heavy atom. The summed E-state index contributed by atoms with van der Waals surface area (Å²) in [6.07, 6.45) is 5.58.